The Labute approximate surface area is 201 Å². The Morgan fingerprint density at radius 2 is 1.79 bits per heavy atom. The summed E-state index contributed by atoms with van der Waals surface area (Å²) in [7, 11) is 1.80. The first-order valence-corrected chi connectivity index (χ1v) is 12.1. The number of imide groups is 1. The molecule has 1 atom stereocenters. The minimum Gasteiger partial charge on any atom is -0.494 e. The quantitative estimate of drug-likeness (QED) is 0.581. The molecule has 0 spiro atoms. The topological polar surface area (TPSA) is 53.1 Å². The van der Waals surface area contributed by atoms with Crippen LogP contribution < -0.4 is 9.64 Å². The van der Waals surface area contributed by atoms with Gasteiger partial charge in [0.25, 0.3) is 0 Å². The Bertz CT molecular complexity index is 976. The third-order valence-corrected chi connectivity index (χ3v) is 7.10. The number of likely N-dealkylation sites (tertiary alicyclic amines) is 1. The Morgan fingerprint density at radius 1 is 1.06 bits per heavy atom. The fraction of sp³-hybridized carbons (Fsp3) is 0.462. The number of hydrogen-bond donors (Lipinski definition) is 0. The lowest BCUT2D eigenvalue weighted by Gasteiger charge is -2.41. The smallest absolute Gasteiger partial charge is 0.331 e. The molecule has 7 heteroatoms. The SMILES string of the molecule is CCOc1ccc(Cl)c(CC2CCN(CC3CC(=O)N(c4ccccc4)C(=O)N3C)CC2)c1. The number of ether oxygens (including phenoxy) is 1. The fourth-order valence-corrected chi connectivity index (χ4v) is 5.01. The third-order valence-electron chi connectivity index (χ3n) is 6.73. The number of carbonyl (C=O) groups is 2. The van der Waals surface area contributed by atoms with Gasteiger partial charge in [-0.15, -0.1) is 0 Å². The number of para-hydroxylation sites is 1. The zero-order valence-electron chi connectivity index (χ0n) is 19.4. The summed E-state index contributed by atoms with van der Waals surface area (Å²) in [4.78, 5) is 31.1. The van der Waals surface area contributed by atoms with Crippen LogP contribution in [0.3, 0.4) is 0 Å². The van der Waals surface area contributed by atoms with Crippen molar-refractivity contribution in [1.82, 2.24) is 9.80 Å². The van der Waals surface area contributed by atoms with Crippen molar-refractivity contribution in [2.24, 2.45) is 5.92 Å². The molecule has 0 radical (unpaired) electrons. The molecule has 2 heterocycles. The fourth-order valence-electron chi connectivity index (χ4n) is 4.82. The van der Waals surface area contributed by atoms with Crippen LogP contribution in [0.5, 0.6) is 5.75 Å². The molecular weight excluding hydrogens is 438 g/mol. The van der Waals surface area contributed by atoms with Gasteiger partial charge in [-0.1, -0.05) is 29.8 Å². The number of likely N-dealkylation sites (N-methyl/N-ethyl adjacent to an activating group) is 1. The normalized spacial score (nSPS) is 20.4. The third kappa shape index (κ3) is 5.50. The second-order valence-electron chi connectivity index (χ2n) is 8.95. The van der Waals surface area contributed by atoms with E-state index in [1.807, 2.05) is 37.3 Å². The van der Waals surface area contributed by atoms with Crippen LogP contribution >= 0.6 is 11.6 Å². The molecule has 0 N–H and O–H groups in total. The molecule has 1 unspecified atom stereocenters. The number of nitrogens with zero attached hydrogens (tertiary/aromatic N) is 3. The average Bonchev–Trinajstić information content (AvgIpc) is 2.82. The Kier molecular flexibility index (Phi) is 7.56. The zero-order chi connectivity index (χ0) is 23.4. The number of piperidine rings is 1. The summed E-state index contributed by atoms with van der Waals surface area (Å²) in [6.07, 6.45) is 3.43. The van der Waals surface area contributed by atoms with Crippen molar-refractivity contribution in [3.05, 3.63) is 59.1 Å². The van der Waals surface area contributed by atoms with E-state index in [1.165, 1.54) is 4.90 Å². The second-order valence-corrected chi connectivity index (χ2v) is 9.36. The standard InChI is InChI=1S/C26H32ClN3O3/c1-3-33-23-9-10-24(27)20(16-23)15-19-11-13-29(14-12-19)18-22-17-25(31)30(26(32)28(22)2)21-7-5-4-6-8-21/h4-10,16,19,22H,3,11-15,17-18H2,1-2H3. The van der Waals surface area contributed by atoms with Crippen molar-refractivity contribution < 1.29 is 14.3 Å². The molecule has 176 valence electrons. The largest absolute Gasteiger partial charge is 0.494 e. The number of halogens is 1. The first-order chi connectivity index (χ1) is 16.0. The zero-order valence-corrected chi connectivity index (χ0v) is 20.1. The van der Waals surface area contributed by atoms with Crippen LogP contribution in [0, 0.1) is 5.92 Å². The number of anilines is 1. The van der Waals surface area contributed by atoms with E-state index in [2.05, 4.69) is 11.0 Å². The Morgan fingerprint density at radius 3 is 2.48 bits per heavy atom. The van der Waals surface area contributed by atoms with Gasteiger partial charge in [-0.2, -0.15) is 0 Å². The summed E-state index contributed by atoms with van der Waals surface area (Å²) in [5.41, 5.74) is 1.77. The van der Waals surface area contributed by atoms with Crippen LogP contribution in [0.4, 0.5) is 10.5 Å². The summed E-state index contributed by atoms with van der Waals surface area (Å²) in [5, 5.41) is 0.796. The summed E-state index contributed by atoms with van der Waals surface area (Å²) in [5.74, 6) is 1.30. The van der Waals surface area contributed by atoms with E-state index in [0.29, 0.717) is 24.6 Å². The Hall–Kier alpha value is -2.57. The van der Waals surface area contributed by atoms with Gasteiger partial charge in [0.1, 0.15) is 5.75 Å². The summed E-state index contributed by atoms with van der Waals surface area (Å²) in [6, 6.07) is 14.7. The van der Waals surface area contributed by atoms with E-state index >= 15 is 0 Å². The molecule has 0 saturated carbocycles. The summed E-state index contributed by atoms with van der Waals surface area (Å²) >= 11 is 6.43. The van der Waals surface area contributed by atoms with Gasteiger partial charge in [-0.25, -0.2) is 9.69 Å². The molecule has 0 bridgehead atoms. The molecular formula is C26H32ClN3O3. The molecule has 3 amide bonds. The number of amides is 3. The van der Waals surface area contributed by atoms with Crippen LogP contribution in [0.25, 0.3) is 0 Å². The van der Waals surface area contributed by atoms with Crippen molar-refractivity contribution in [3.63, 3.8) is 0 Å². The highest BCUT2D eigenvalue weighted by atomic mass is 35.5. The van der Waals surface area contributed by atoms with Gasteiger partial charge < -0.3 is 14.5 Å². The Balaban J connectivity index is 1.31. The van der Waals surface area contributed by atoms with E-state index in [4.69, 9.17) is 16.3 Å². The highest BCUT2D eigenvalue weighted by molar-refractivity contribution is 6.31. The van der Waals surface area contributed by atoms with Crippen molar-refractivity contribution >= 4 is 29.2 Å². The van der Waals surface area contributed by atoms with Gasteiger partial charge in [-0.3, -0.25) is 4.79 Å². The molecule has 2 fully saturated rings. The van der Waals surface area contributed by atoms with E-state index in [9.17, 15) is 9.59 Å². The highest BCUT2D eigenvalue weighted by Gasteiger charge is 2.38. The van der Waals surface area contributed by atoms with Crippen LogP contribution in [-0.2, 0) is 11.2 Å². The number of urea groups is 1. The van der Waals surface area contributed by atoms with E-state index < -0.39 is 0 Å². The number of carbonyl (C=O) groups excluding carboxylic acids is 2. The van der Waals surface area contributed by atoms with E-state index in [0.717, 1.165) is 55.2 Å². The number of hydrogen-bond acceptors (Lipinski definition) is 4. The van der Waals surface area contributed by atoms with Gasteiger partial charge in [0.15, 0.2) is 0 Å². The van der Waals surface area contributed by atoms with Gasteiger partial charge >= 0.3 is 6.03 Å². The predicted octanol–water partition coefficient (Wildman–Crippen LogP) is 4.85. The van der Waals surface area contributed by atoms with Crippen molar-refractivity contribution in [3.8, 4) is 5.75 Å². The van der Waals surface area contributed by atoms with Gasteiger partial charge in [0, 0.05) is 25.0 Å². The van der Waals surface area contributed by atoms with Crippen molar-refractivity contribution in [2.45, 2.75) is 38.6 Å². The average molecular weight is 470 g/mol. The maximum atomic E-state index is 12.9. The van der Waals surface area contributed by atoms with Gasteiger partial charge in [-0.05, 0) is 81.1 Å². The lowest BCUT2D eigenvalue weighted by Crippen LogP contribution is -2.58. The monoisotopic (exact) mass is 469 g/mol. The molecule has 6 nitrogen and oxygen atoms in total. The van der Waals surface area contributed by atoms with Gasteiger partial charge in [0.05, 0.1) is 18.3 Å². The van der Waals surface area contributed by atoms with Gasteiger partial charge in [0.2, 0.25) is 5.91 Å². The van der Waals surface area contributed by atoms with E-state index in [1.54, 1.807) is 24.1 Å². The molecule has 2 aliphatic rings. The summed E-state index contributed by atoms with van der Waals surface area (Å²) < 4.78 is 5.63. The van der Waals surface area contributed by atoms with Crippen LogP contribution in [0.1, 0.15) is 31.7 Å². The van der Waals surface area contributed by atoms with Crippen LogP contribution in [0.2, 0.25) is 5.02 Å². The molecule has 0 aliphatic carbocycles. The lowest BCUT2D eigenvalue weighted by atomic mass is 9.89. The molecule has 2 aromatic rings. The predicted molar refractivity (Wildman–Crippen MR) is 131 cm³/mol. The minimum absolute atomic E-state index is 0.0983. The molecule has 2 aromatic carbocycles. The number of benzene rings is 2. The molecule has 0 aromatic heterocycles. The minimum atomic E-state index is -0.249. The van der Waals surface area contributed by atoms with Crippen molar-refractivity contribution in [2.75, 3.05) is 38.2 Å². The molecule has 2 aliphatic heterocycles. The maximum Gasteiger partial charge on any atom is 0.331 e. The second kappa shape index (κ2) is 10.6. The molecule has 2 saturated heterocycles. The highest BCUT2D eigenvalue weighted by Crippen LogP contribution is 2.29. The molecule has 33 heavy (non-hydrogen) atoms. The maximum absolute atomic E-state index is 12.9. The van der Waals surface area contributed by atoms with Crippen LogP contribution in [-0.4, -0.2) is 61.1 Å². The first-order valence-electron chi connectivity index (χ1n) is 11.7. The first kappa shape index (κ1) is 23.6. The lowest BCUT2D eigenvalue weighted by molar-refractivity contribution is -0.120. The number of rotatable bonds is 7. The van der Waals surface area contributed by atoms with E-state index in [-0.39, 0.29) is 18.0 Å². The molecule has 4 rings (SSSR count). The van der Waals surface area contributed by atoms with Crippen molar-refractivity contribution in [1.29, 1.82) is 0 Å². The summed E-state index contributed by atoms with van der Waals surface area (Å²) in [6.45, 7) is 5.27. The van der Waals surface area contributed by atoms with Crippen LogP contribution in [0.15, 0.2) is 48.5 Å².